The van der Waals surface area contributed by atoms with E-state index in [9.17, 15) is 13.2 Å². The van der Waals surface area contributed by atoms with Gasteiger partial charge in [0.2, 0.25) is 0 Å². The largest absolute Gasteiger partial charge is 0.381 e. The zero-order chi connectivity index (χ0) is 45.3. The third-order valence-corrected chi connectivity index (χ3v) is 16.4. The lowest BCUT2D eigenvalue weighted by Crippen LogP contribution is -2.47. The summed E-state index contributed by atoms with van der Waals surface area (Å²) in [6, 6.07) is 32.0. The van der Waals surface area contributed by atoms with Crippen molar-refractivity contribution in [2.24, 2.45) is 5.41 Å². The molecule has 0 bridgehead atoms. The van der Waals surface area contributed by atoms with E-state index in [1.165, 1.54) is 40.9 Å². The smallest absolute Gasteiger partial charge is 0.264 e. The van der Waals surface area contributed by atoms with Gasteiger partial charge >= 0.3 is 0 Å². The summed E-state index contributed by atoms with van der Waals surface area (Å²) in [6.07, 6.45) is 6.75. The number of sulfonamides is 1. The van der Waals surface area contributed by atoms with E-state index < -0.39 is 15.9 Å². The molecular formula is C52H69ClN6O3S2. The second-order valence-electron chi connectivity index (χ2n) is 18.7. The first kappa shape index (κ1) is 48.1. The average Bonchev–Trinajstić information content (AvgIpc) is 3.29. The minimum Gasteiger partial charge on any atom is -0.381 e. The van der Waals surface area contributed by atoms with Gasteiger partial charge in [0.15, 0.2) is 0 Å². The van der Waals surface area contributed by atoms with Gasteiger partial charge in [-0.3, -0.25) is 9.69 Å². The molecule has 2 fully saturated rings. The quantitative estimate of drug-likeness (QED) is 0.0948. The molecule has 0 unspecified atom stereocenters. The molecule has 0 saturated carbocycles. The fourth-order valence-corrected chi connectivity index (χ4v) is 11.9. The highest BCUT2D eigenvalue weighted by atomic mass is 35.5. The van der Waals surface area contributed by atoms with Crippen molar-refractivity contribution in [3.05, 3.63) is 124 Å². The number of halogens is 1. The van der Waals surface area contributed by atoms with E-state index >= 15 is 0 Å². The Bertz CT molecular complexity index is 2290. The molecule has 7 rings (SSSR count). The van der Waals surface area contributed by atoms with Crippen molar-refractivity contribution in [3.63, 3.8) is 0 Å². The van der Waals surface area contributed by atoms with Gasteiger partial charge < -0.3 is 20.0 Å². The summed E-state index contributed by atoms with van der Waals surface area (Å²) in [7, 11) is -4.11. The number of carbonyl (C=O) groups is 1. The highest BCUT2D eigenvalue weighted by Crippen LogP contribution is 2.43. The van der Waals surface area contributed by atoms with Gasteiger partial charge in [0, 0.05) is 84.0 Å². The van der Waals surface area contributed by atoms with E-state index in [2.05, 4.69) is 93.7 Å². The molecule has 3 aliphatic rings. The van der Waals surface area contributed by atoms with Gasteiger partial charge in [-0.2, -0.15) is 0 Å². The SMILES string of the molecule is CCN(CC)C1CCN(CC[C@H](CSc2ccccc2)Nc2ccc(S(=O)(=O)NC(=O)c3ccc(N4CCN(CC5=C(c6ccc(Cl)cc6)CCC(C)(C)C5)CC4)cc3)cc2C)CC1. The minimum absolute atomic E-state index is 0.0671. The van der Waals surface area contributed by atoms with E-state index in [0.717, 1.165) is 112 Å². The summed E-state index contributed by atoms with van der Waals surface area (Å²) in [6.45, 7) is 21.2. The summed E-state index contributed by atoms with van der Waals surface area (Å²) in [5.41, 5.74) is 7.62. The predicted molar refractivity (Wildman–Crippen MR) is 269 cm³/mol. The number of hydrogen-bond donors (Lipinski definition) is 2. The van der Waals surface area contributed by atoms with Crippen LogP contribution in [0.2, 0.25) is 5.02 Å². The monoisotopic (exact) mass is 924 g/mol. The van der Waals surface area contributed by atoms with Crippen LogP contribution in [0.3, 0.4) is 0 Å². The lowest BCUT2D eigenvalue weighted by atomic mass is 9.73. The maximum absolute atomic E-state index is 13.6. The van der Waals surface area contributed by atoms with Crippen molar-refractivity contribution in [3.8, 4) is 0 Å². The first-order valence-electron chi connectivity index (χ1n) is 23.4. The molecule has 0 aromatic heterocycles. The molecule has 1 amide bonds. The number of piperidine rings is 1. The standard InChI is InChI=1S/C52H69ClN6O3S2/c1-6-58(7-2)46-25-29-56(30-26-46)28-24-44(38-63-47-11-9-8-10-12-47)54-50-22-21-48(35-39(50)3)64(61,62)55-51(60)41-15-19-45(20-16-41)59-33-31-57(32-34-59)37-42-36-52(4,5)27-23-49(42)40-13-17-43(53)18-14-40/h8-22,35,44,46,54H,6-7,23-34,36-38H2,1-5H3,(H,55,60)/t44-/m1/s1. The van der Waals surface area contributed by atoms with Crippen LogP contribution in [0.5, 0.6) is 0 Å². The van der Waals surface area contributed by atoms with Gasteiger partial charge in [0.25, 0.3) is 15.9 Å². The van der Waals surface area contributed by atoms with Gasteiger partial charge in [-0.05, 0) is 160 Å². The Balaban J connectivity index is 0.925. The zero-order valence-corrected chi connectivity index (χ0v) is 41.0. The third kappa shape index (κ3) is 12.9. The van der Waals surface area contributed by atoms with Crippen LogP contribution >= 0.6 is 23.4 Å². The first-order valence-corrected chi connectivity index (χ1v) is 26.3. The van der Waals surface area contributed by atoms with Crippen LogP contribution in [0, 0.1) is 12.3 Å². The summed E-state index contributed by atoms with van der Waals surface area (Å²) in [4.78, 5) is 24.8. The number of aryl methyl sites for hydroxylation is 1. The fraction of sp³-hybridized carbons (Fsp3) is 0.481. The third-order valence-electron chi connectivity index (χ3n) is 13.6. The van der Waals surface area contributed by atoms with Crippen molar-refractivity contribution in [1.29, 1.82) is 0 Å². The Labute approximate surface area is 393 Å². The molecular weight excluding hydrogens is 856 g/mol. The van der Waals surface area contributed by atoms with Crippen LogP contribution in [-0.2, 0) is 10.0 Å². The number of likely N-dealkylation sites (tertiary alicyclic amines) is 1. The van der Waals surface area contributed by atoms with Crippen molar-refractivity contribution < 1.29 is 13.2 Å². The van der Waals surface area contributed by atoms with Crippen LogP contribution in [0.1, 0.15) is 87.7 Å². The number of hydrogen-bond acceptors (Lipinski definition) is 9. The van der Waals surface area contributed by atoms with E-state index in [0.29, 0.717) is 11.6 Å². The van der Waals surface area contributed by atoms with Crippen molar-refractivity contribution >= 4 is 56.2 Å². The minimum atomic E-state index is -4.11. The van der Waals surface area contributed by atoms with Crippen molar-refractivity contribution in [2.45, 2.75) is 95.0 Å². The number of thioether (sulfide) groups is 1. The van der Waals surface area contributed by atoms with Gasteiger partial charge in [-0.15, -0.1) is 11.8 Å². The van der Waals surface area contributed by atoms with Gasteiger partial charge in [0.1, 0.15) is 0 Å². The molecule has 0 radical (unpaired) electrons. The molecule has 0 spiro atoms. The lowest BCUT2D eigenvalue weighted by Gasteiger charge is -2.39. The first-order chi connectivity index (χ1) is 30.8. The van der Waals surface area contributed by atoms with E-state index in [4.69, 9.17) is 11.6 Å². The Hall–Kier alpha value is -3.84. The predicted octanol–water partition coefficient (Wildman–Crippen LogP) is 10.3. The van der Waals surface area contributed by atoms with Crippen LogP contribution in [0.15, 0.2) is 112 Å². The fourth-order valence-electron chi connectivity index (χ4n) is 9.74. The van der Waals surface area contributed by atoms with E-state index in [1.54, 1.807) is 24.3 Å². The maximum atomic E-state index is 13.6. The molecule has 2 aliphatic heterocycles. The van der Waals surface area contributed by atoms with Crippen LogP contribution in [0.4, 0.5) is 11.4 Å². The number of anilines is 2. The molecule has 2 N–H and O–H groups in total. The maximum Gasteiger partial charge on any atom is 0.264 e. The number of allylic oxidation sites excluding steroid dienone is 1. The molecule has 2 heterocycles. The topological polar surface area (TPSA) is 88.2 Å². The molecule has 1 aliphatic carbocycles. The Kier molecular flexibility index (Phi) is 16.6. The number of rotatable bonds is 18. The Morgan fingerprint density at radius 1 is 0.875 bits per heavy atom. The average molecular weight is 926 g/mol. The van der Waals surface area contributed by atoms with Gasteiger partial charge in [-0.1, -0.05) is 75.2 Å². The second kappa shape index (κ2) is 22.1. The number of carbonyl (C=O) groups excluding carboxylic acids is 1. The van der Waals surface area contributed by atoms with Gasteiger partial charge in [-0.25, -0.2) is 13.1 Å². The molecule has 12 heteroatoms. The molecule has 1 atom stereocenters. The van der Waals surface area contributed by atoms with Crippen molar-refractivity contribution in [2.75, 3.05) is 81.4 Å². The van der Waals surface area contributed by atoms with E-state index in [-0.39, 0.29) is 16.4 Å². The Morgan fingerprint density at radius 3 is 2.22 bits per heavy atom. The van der Waals surface area contributed by atoms with Crippen LogP contribution in [0.25, 0.3) is 5.57 Å². The number of nitrogens with one attached hydrogen (secondary N) is 2. The van der Waals surface area contributed by atoms with Crippen LogP contribution in [-0.4, -0.2) is 112 Å². The second-order valence-corrected chi connectivity index (χ2v) is 21.9. The molecule has 9 nitrogen and oxygen atoms in total. The summed E-state index contributed by atoms with van der Waals surface area (Å²) in [5, 5.41) is 4.53. The van der Waals surface area contributed by atoms with Gasteiger partial charge in [0.05, 0.1) is 4.90 Å². The van der Waals surface area contributed by atoms with Crippen molar-refractivity contribution in [1.82, 2.24) is 19.4 Å². The number of nitrogens with zero attached hydrogens (tertiary/aromatic N) is 4. The molecule has 344 valence electrons. The van der Waals surface area contributed by atoms with Crippen LogP contribution < -0.4 is 14.9 Å². The molecule has 64 heavy (non-hydrogen) atoms. The lowest BCUT2D eigenvalue weighted by molar-refractivity contribution is 0.0981. The molecule has 4 aromatic rings. The molecule has 4 aromatic carbocycles. The summed E-state index contributed by atoms with van der Waals surface area (Å²) in [5.74, 6) is 0.240. The molecule has 2 saturated heterocycles. The Morgan fingerprint density at radius 2 is 1.56 bits per heavy atom. The number of benzene rings is 4. The van der Waals surface area contributed by atoms with E-state index in [1.807, 2.05) is 55.1 Å². The normalized spacial score (nSPS) is 18.3. The zero-order valence-electron chi connectivity index (χ0n) is 38.6. The summed E-state index contributed by atoms with van der Waals surface area (Å²) < 4.78 is 29.5. The number of amides is 1. The number of piperazine rings is 1. The summed E-state index contributed by atoms with van der Waals surface area (Å²) >= 11 is 8.06. The highest BCUT2D eigenvalue weighted by molar-refractivity contribution is 7.99. The highest BCUT2D eigenvalue weighted by Gasteiger charge is 2.30.